The molecule has 3 aromatic rings. The number of fused-ring (bicyclic) bond motifs is 2. The number of anilines is 3. The van der Waals surface area contributed by atoms with Crippen molar-refractivity contribution in [3.8, 4) is 11.3 Å². The molecule has 1 spiro atoms. The SMILES string of the molecule is CC(=O)Nc1ccc2c(c1)N(c1ncc(-c3cc(C(C)(C)O)ccn3)cn1)CC21CC1. The molecule has 158 valence electrons. The van der Waals surface area contributed by atoms with Crippen LogP contribution >= 0.6 is 0 Å². The predicted molar refractivity (Wildman–Crippen MR) is 119 cm³/mol. The van der Waals surface area contributed by atoms with E-state index in [0.717, 1.165) is 47.6 Å². The van der Waals surface area contributed by atoms with Crippen molar-refractivity contribution in [2.24, 2.45) is 0 Å². The second-order valence-electron chi connectivity index (χ2n) is 9.04. The Kier molecular flexibility index (Phi) is 4.34. The normalized spacial score (nSPS) is 16.3. The van der Waals surface area contributed by atoms with E-state index in [9.17, 15) is 9.90 Å². The highest BCUT2D eigenvalue weighted by Gasteiger charge is 2.52. The Morgan fingerprint density at radius 3 is 2.52 bits per heavy atom. The van der Waals surface area contributed by atoms with Crippen LogP contribution in [0.2, 0.25) is 0 Å². The predicted octanol–water partition coefficient (Wildman–Crippen LogP) is 3.91. The van der Waals surface area contributed by atoms with E-state index in [4.69, 9.17) is 0 Å². The second-order valence-corrected chi connectivity index (χ2v) is 9.04. The molecule has 1 aliphatic carbocycles. The molecule has 3 heterocycles. The van der Waals surface area contributed by atoms with Crippen LogP contribution in [0.3, 0.4) is 0 Å². The molecule has 1 aliphatic heterocycles. The number of nitrogens with one attached hydrogen (secondary N) is 1. The summed E-state index contributed by atoms with van der Waals surface area (Å²) in [6.07, 6.45) is 7.54. The van der Waals surface area contributed by atoms with Gasteiger partial charge >= 0.3 is 0 Å². The van der Waals surface area contributed by atoms with Gasteiger partial charge < -0.3 is 15.3 Å². The van der Waals surface area contributed by atoms with E-state index in [1.807, 2.05) is 24.3 Å². The van der Waals surface area contributed by atoms with E-state index in [1.54, 1.807) is 32.4 Å². The maximum atomic E-state index is 11.5. The molecule has 1 fully saturated rings. The summed E-state index contributed by atoms with van der Waals surface area (Å²) >= 11 is 0. The minimum atomic E-state index is -0.943. The number of carbonyl (C=O) groups excluding carboxylic acids is 1. The molecule has 0 atom stereocenters. The Hall–Kier alpha value is -3.32. The molecule has 5 rings (SSSR count). The number of amides is 1. The van der Waals surface area contributed by atoms with Crippen molar-refractivity contribution in [3.05, 3.63) is 60.0 Å². The minimum Gasteiger partial charge on any atom is -0.386 e. The molecule has 1 aromatic carbocycles. The third-order valence-electron chi connectivity index (χ3n) is 6.14. The van der Waals surface area contributed by atoms with Gasteiger partial charge in [-0.1, -0.05) is 6.07 Å². The van der Waals surface area contributed by atoms with Crippen molar-refractivity contribution < 1.29 is 9.90 Å². The summed E-state index contributed by atoms with van der Waals surface area (Å²) in [5, 5.41) is 13.1. The van der Waals surface area contributed by atoms with Crippen LogP contribution in [0.15, 0.2) is 48.9 Å². The Bertz CT molecular complexity index is 1160. The van der Waals surface area contributed by atoms with Crippen molar-refractivity contribution in [1.82, 2.24) is 15.0 Å². The van der Waals surface area contributed by atoms with Crippen LogP contribution in [-0.2, 0) is 15.8 Å². The van der Waals surface area contributed by atoms with Gasteiger partial charge in [-0.3, -0.25) is 9.78 Å². The van der Waals surface area contributed by atoms with Gasteiger partial charge in [0.15, 0.2) is 0 Å². The first kappa shape index (κ1) is 19.6. The first-order chi connectivity index (χ1) is 14.7. The molecule has 7 nitrogen and oxygen atoms in total. The fourth-order valence-electron chi connectivity index (χ4n) is 4.28. The monoisotopic (exact) mass is 415 g/mol. The lowest BCUT2D eigenvalue weighted by Crippen LogP contribution is -2.21. The molecule has 0 radical (unpaired) electrons. The first-order valence-corrected chi connectivity index (χ1v) is 10.5. The molecule has 31 heavy (non-hydrogen) atoms. The van der Waals surface area contributed by atoms with Crippen molar-refractivity contribution in [3.63, 3.8) is 0 Å². The molecule has 0 saturated heterocycles. The third-order valence-corrected chi connectivity index (χ3v) is 6.14. The van der Waals surface area contributed by atoms with E-state index in [2.05, 4.69) is 31.2 Å². The Morgan fingerprint density at radius 1 is 1.13 bits per heavy atom. The van der Waals surface area contributed by atoms with Crippen LogP contribution in [-0.4, -0.2) is 32.5 Å². The second kappa shape index (κ2) is 6.85. The smallest absolute Gasteiger partial charge is 0.229 e. The fourth-order valence-corrected chi connectivity index (χ4v) is 4.28. The fraction of sp³-hybridized carbons (Fsp3) is 0.333. The summed E-state index contributed by atoms with van der Waals surface area (Å²) in [6.45, 7) is 5.85. The van der Waals surface area contributed by atoms with Crippen LogP contribution in [0.5, 0.6) is 0 Å². The molecular weight excluding hydrogens is 390 g/mol. The molecule has 0 bridgehead atoms. The summed E-state index contributed by atoms with van der Waals surface area (Å²) in [4.78, 5) is 27.3. The highest BCUT2D eigenvalue weighted by molar-refractivity contribution is 5.90. The summed E-state index contributed by atoms with van der Waals surface area (Å²) in [5.74, 6) is 0.541. The van der Waals surface area contributed by atoms with Gasteiger partial charge in [-0.2, -0.15) is 0 Å². The third kappa shape index (κ3) is 3.55. The average Bonchev–Trinajstić information content (AvgIpc) is 3.44. The van der Waals surface area contributed by atoms with Gasteiger partial charge in [0.05, 0.1) is 11.3 Å². The number of aromatic nitrogens is 3. The minimum absolute atomic E-state index is 0.0907. The standard InChI is InChI=1S/C24H25N5O2/c1-15(30)28-18-4-5-19-21(11-18)29(14-24(19)7-8-24)22-26-12-16(13-27-22)20-10-17(6-9-25-20)23(2,3)31/h4-6,9-13,31H,7-8,14H2,1-3H3,(H,28,30). The van der Waals surface area contributed by atoms with Crippen LogP contribution in [0.1, 0.15) is 44.7 Å². The van der Waals surface area contributed by atoms with Gasteiger partial charge in [0, 0.05) is 54.4 Å². The lowest BCUT2D eigenvalue weighted by molar-refractivity contribution is -0.114. The zero-order valence-corrected chi connectivity index (χ0v) is 17.9. The zero-order valence-electron chi connectivity index (χ0n) is 17.9. The van der Waals surface area contributed by atoms with Crippen LogP contribution in [0.25, 0.3) is 11.3 Å². The van der Waals surface area contributed by atoms with Gasteiger partial charge in [0.2, 0.25) is 11.9 Å². The van der Waals surface area contributed by atoms with Gasteiger partial charge in [0.25, 0.3) is 0 Å². The van der Waals surface area contributed by atoms with Crippen molar-refractivity contribution >= 4 is 23.2 Å². The number of aliphatic hydroxyl groups is 1. The summed E-state index contributed by atoms with van der Waals surface area (Å²) < 4.78 is 0. The molecule has 0 unspecified atom stereocenters. The molecule has 2 aliphatic rings. The number of benzene rings is 1. The van der Waals surface area contributed by atoms with E-state index in [0.29, 0.717) is 5.95 Å². The lowest BCUT2D eigenvalue weighted by Gasteiger charge is -2.19. The molecule has 7 heteroatoms. The van der Waals surface area contributed by atoms with E-state index in [-0.39, 0.29) is 11.3 Å². The summed E-state index contributed by atoms with van der Waals surface area (Å²) in [7, 11) is 0. The topological polar surface area (TPSA) is 91.2 Å². The molecule has 2 N–H and O–H groups in total. The number of pyridine rings is 1. The van der Waals surface area contributed by atoms with Gasteiger partial charge in [-0.05, 0) is 62.1 Å². The number of hydrogen-bond acceptors (Lipinski definition) is 6. The molecule has 1 saturated carbocycles. The number of hydrogen-bond donors (Lipinski definition) is 2. The highest BCUT2D eigenvalue weighted by Crippen LogP contribution is 2.58. The van der Waals surface area contributed by atoms with Gasteiger partial charge in [-0.15, -0.1) is 0 Å². The maximum Gasteiger partial charge on any atom is 0.229 e. The summed E-state index contributed by atoms with van der Waals surface area (Å²) in [5.41, 5.74) is 4.67. The van der Waals surface area contributed by atoms with Crippen molar-refractivity contribution in [2.45, 2.75) is 44.6 Å². The number of nitrogens with zero attached hydrogens (tertiary/aromatic N) is 4. The van der Waals surface area contributed by atoms with Crippen LogP contribution in [0, 0.1) is 0 Å². The Labute approximate surface area is 181 Å². The van der Waals surface area contributed by atoms with E-state index in [1.165, 1.54) is 12.5 Å². The highest BCUT2D eigenvalue weighted by atomic mass is 16.3. The van der Waals surface area contributed by atoms with Gasteiger partial charge in [-0.25, -0.2) is 9.97 Å². The van der Waals surface area contributed by atoms with Gasteiger partial charge in [0.1, 0.15) is 0 Å². The first-order valence-electron chi connectivity index (χ1n) is 10.5. The Morgan fingerprint density at radius 2 is 1.87 bits per heavy atom. The van der Waals surface area contributed by atoms with Crippen molar-refractivity contribution in [2.75, 3.05) is 16.8 Å². The largest absolute Gasteiger partial charge is 0.386 e. The number of rotatable bonds is 4. The zero-order chi connectivity index (χ0) is 21.8. The Balaban J connectivity index is 1.47. The quantitative estimate of drug-likeness (QED) is 0.671. The van der Waals surface area contributed by atoms with Crippen LogP contribution in [0.4, 0.5) is 17.3 Å². The lowest BCUT2D eigenvalue weighted by atomic mass is 9.98. The number of carbonyl (C=O) groups is 1. The van der Waals surface area contributed by atoms with Crippen LogP contribution < -0.4 is 10.2 Å². The van der Waals surface area contributed by atoms with Crippen molar-refractivity contribution in [1.29, 1.82) is 0 Å². The average molecular weight is 415 g/mol. The summed E-state index contributed by atoms with van der Waals surface area (Å²) in [6, 6.07) is 9.77. The molecular formula is C24H25N5O2. The van der Waals surface area contributed by atoms with E-state index < -0.39 is 5.60 Å². The molecule has 1 amide bonds. The van der Waals surface area contributed by atoms with E-state index >= 15 is 0 Å². The molecule has 2 aromatic heterocycles. The maximum absolute atomic E-state index is 11.5.